The minimum atomic E-state index is -3.09. The van der Waals surface area contributed by atoms with Crippen LogP contribution in [0, 0.1) is 5.92 Å². The van der Waals surface area contributed by atoms with Gasteiger partial charge in [-0.05, 0) is 49.3 Å². The fraction of sp³-hybridized carbons (Fsp3) is 0.632. The SMILES string of the molecule is CS(=O)(=O)Cc1cccc(NC(=O)N(CC2CC2)C2CCCCC2)c1. The van der Waals surface area contributed by atoms with Crippen LogP contribution in [0.5, 0.6) is 0 Å². The van der Waals surface area contributed by atoms with Crippen molar-refractivity contribution < 1.29 is 13.2 Å². The first-order chi connectivity index (χ1) is 11.9. The van der Waals surface area contributed by atoms with Gasteiger partial charge in [-0.15, -0.1) is 0 Å². The second kappa shape index (κ2) is 7.77. The minimum absolute atomic E-state index is 0.00881. The molecule has 2 aliphatic rings. The fourth-order valence-electron chi connectivity index (χ4n) is 3.61. The van der Waals surface area contributed by atoms with Crippen molar-refractivity contribution in [3.8, 4) is 0 Å². The van der Waals surface area contributed by atoms with Gasteiger partial charge in [-0.2, -0.15) is 0 Å². The Labute approximate surface area is 150 Å². The number of sulfone groups is 1. The Balaban J connectivity index is 1.68. The number of hydrogen-bond donors (Lipinski definition) is 1. The highest BCUT2D eigenvalue weighted by Crippen LogP contribution is 2.33. The van der Waals surface area contributed by atoms with E-state index in [1.54, 1.807) is 18.2 Å². The second-order valence-electron chi connectivity index (χ2n) is 7.59. The molecule has 0 heterocycles. The molecule has 0 radical (unpaired) electrons. The number of rotatable bonds is 6. The second-order valence-corrected chi connectivity index (χ2v) is 9.73. The topological polar surface area (TPSA) is 66.5 Å². The highest BCUT2D eigenvalue weighted by atomic mass is 32.2. The Kier molecular flexibility index (Phi) is 5.67. The van der Waals surface area contributed by atoms with Gasteiger partial charge in [-0.25, -0.2) is 13.2 Å². The Morgan fingerprint density at radius 3 is 2.52 bits per heavy atom. The van der Waals surface area contributed by atoms with E-state index in [4.69, 9.17) is 0 Å². The molecule has 0 aliphatic heterocycles. The third-order valence-electron chi connectivity index (χ3n) is 5.04. The van der Waals surface area contributed by atoms with Crippen LogP contribution in [0.4, 0.5) is 10.5 Å². The molecule has 0 bridgehead atoms. The van der Waals surface area contributed by atoms with Crippen LogP contribution in [-0.4, -0.2) is 38.2 Å². The normalized spacial score (nSPS) is 18.8. The molecule has 5 nitrogen and oxygen atoms in total. The lowest BCUT2D eigenvalue weighted by Gasteiger charge is -2.34. The van der Waals surface area contributed by atoms with Crippen LogP contribution < -0.4 is 5.32 Å². The van der Waals surface area contributed by atoms with E-state index in [9.17, 15) is 13.2 Å². The van der Waals surface area contributed by atoms with E-state index in [0.29, 0.717) is 23.2 Å². The Morgan fingerprint density at radius 1 is 1.16 bits per heavy atom. The zero-order valence-electron chi connectivity index (χ0n) is 14.9. The van der Waals surface area contributed by atoms with E-state index < -0.39 is 9.84 Å². The summed E-state index contributed by atoms with van der Waals surface area (Å²) in [4.78, 5) is 14.9. The summed E-state index contributed by atoms with van der Waals surface area (Å²) in [6, 6.07) is 7.44. The van der Waals surface area contributed by atoms with Gasteiger partial charge < -0.3 is 10.2 Å². The van der Waals surface area contributed by atoms with Gasteiger partial charge in [0.25, 0.3) is 0 Å². The Bertz CT molecular complexity index is 707. The maximum Gasteiger partial charge on any atom is 0.322 e. The molecule has 6 heteroatoms. The lowest BCUT2D eigenvalue weighted by molar-refractivity contribution is 0.163. The summed E-state index contributed by atoms with van der Waals surface area (Å²) >= 11 is 0. The van der Waals surface area contributed by atoms with Crippen LogP contribution >= 0.6 is 0 Å². The molecule has 0 unspecified atom stereocenters. The van der Waals surface area contributed by atoms with Crippen LogP contribution in [0.1, 0.15) is 50.5 Å². The average Bonchev–Trinajstić information content (AvgIpc) is 3.36. The highest BCUT2D eigenvalue weighted by Gasteiger charge is 2.31. The maximum absolute atomic E-state index is 12.9. The molecular weight excluding hydrogens is 336 g/mol. The summed E-state index contributed by atoms with van der Waals surface area (Å²) in [6.45, 7) is 0.847. The molecule has 0 spiro atoms. The number of amides is 2. The van der Waals surface area contributed by atoms with Crippen LogP contribution in [0.2, 0.25) is 0 Å². The molecule has 138 valence electrons. The number of carbonyl (C=O) groups excluding carboxylic acids is 1. The van der Waals surface area contributed by atoms with Crippen LogP contribution in [0.15, 0.2) is 24.3 Å². The monoisotopic (exact) mass is 364 g/mol. The third kappa shape index (κ3) is 5.73. The molecule has 3 rings (SSSR count). The number of urea groups is 1. The number of benzene rings is 1. The lowest BCUT2D eigenvalue weighted by atomic mass is 9.94. The molecular formula is C19H28N2O3S. The maximum atomic E-state index is 12.9. The predicted octanol–water partition coefficient (Wildman–Crippen LogP) is 3.81. The van der Waals surface area contributed by atoms with Crippen LogP contribution in [0.3, 0.4) is 0 Å². The summed E-state index contributed by atoms with van der Waals surface area (Å²) < 4.78 is 23.0. The molecule has 1 aromatic carbocycles. The first-order valence-corrected chi connectivity index (χ1v) is 11.3. The van der Waals surface area contributed by atoms with Crippen molar-refractivity contribution in [3.05, 3.63) is 29.8 Å². The van der Waals surface area contributed by atoms with E-state index in [1.165, 1.54) is 38.4 Å². The molecule has 2 aliphatic carbocycles. The van der Waals surface area contributed by atoms with Crippen molar-refractivity contribution in [2.75, 3.05) is 18.1 Å². The van der Waals surface area contributed by atoms with E-state index >= 15 is 0 Å². The zero-order chi connectivity index (χ0) is 17.9. The van der Waals surface area contributed by atoms with Crippen molar-refractivity contribution in [1.29, 1.82) is 0 Å². The summed E-state index contributed by atoms with van der Waals surface area (Å²) in [6.07, 6.45) is 9.51. The van der Waals surface area contributed by atoms with Gasteiger partial charge >= 0.3 is 6.03 Å². The largest absolute Gasteiger partial charge is 0.322 e. The van der Waals surface area contributed by atoms with Crippen molar-refractivity contribution in [2.24, 2.45) is 5.92 Å². The van der Waals surface area contributed by atoms with E-state index in [2.05, 4.69) is 5.32 Å². The quantitative estimate of drug-likeness (QED) is 0.835. The van der Waals surface area contributed by atoms with Gasteiger partial charge in [-0.1, -0.05) is 31.4 Å². The smallest absolute Gasteiger partial charge is 0.321 e. The van der Waals surface area contributed by atoms with Crippen molar-refractivity contribution in [3.63, 3.8) is 0 Å². The first-order valence-electron chi connectivity index (χ1n) is 9.25. The number of nitrogens with zero attached hydrogens (tertiary/aromatic N) is 1. The number of carbonyl (C=O) groups is 1. The van der Waals surface area contributed by atoms with Gasteiger partial charge in [0.05, 0.1) is 5.75 Å². The standard InChI is InChI=1S/C19H28N2O3S/c1-25(23,24)14-16-6-5-7-17(12-16)20-19(22)21(13-15-10-11-15)18-8-3-2-4-9-18/h5-7,12,15,18H,2-4,8-11,13-14H2,1H3,(H,20,22). The average molecular weight is 365 g/mol. The third-order valence-corrected chi connectivity index (χ3v) is 5.89. The van der Waals surface area contributed by atoms with Gasteiger partial charge in [0.15, 0.2) is 9.84 Å². The highest BCUT2D eigenvalue weighted by molar-refractivity contribution is 7.89. The fourth-order valence-corrected chi connectivity index (χ4v) is 4.39. The van der Waals surface area contributed by atoms with Crippen molar-refractivity contribution in [1.82, 2.24) is 4.90 Å². The Hall–Kier alpha value is -1.56. The Morgan fingerprint density at radius 2 is 1.88 bits per heavy atom. The summed E-state index contributed by atoms with van der Waals surface area (Å²) in [5, 5.41) is 2.99. The first kappa shape index (κ1) is 18.2. The van der Waals surface area contributed by atoms with Gasteiger partial charge in [0, 0.05) is 24.5 Å². The molecule has 2 fully saturated rings. The van der Waals surface area contributed by atoms with Gasteiger partial charge in [0.1, 0.15) is 0 Å². The molecule has 25 heavy (non-hydrogen) atoms. The van der Waals surface area contributed by atoms with Gasteiger partial charge in [-0.3, -0.25) is 0 Å². The molecule has 2 saturated carbocycles. The van der Waals surface area contributed by atoms with Crippen molar-refractivity contribution >= 4 is 21.6 Å². The predicted molar refractivity (Wildman–Crippen MR) is 100 cm³/mol. The van der Waals surface area contributed by atoms with Crippen LogP contribution in [0.25, 0.3) is 0 Å². The van der Waals surface area contributed by atoms with Crippen molar-refractivity contribution in [2.45, 2.75) is 56.7 Å². The number of anilines is 1. The van der Waals surface area contributed by atoms with Crippen LogP contribution in [-0.2, 0) is 15.6 Å². The lowest BCUT2D eigenvalue weighted by Crippen LogP contribution is -2.45. The summed E-state index contributed by atoms with van der Waals surface area (Å²) in [5.74, 6) is 0.648. The molecule has 0 aromatic heterocycles. The minimum Gasteiger partial charge on any atom is -0.321 e. The molecule has 0 saturated heterocycles. The summed E-state index contributed by atoms with van der Waals surface area (Å²) in [7, 11) is -3.09. The number of nitrogens with one attached hydrogen (secondary N) is 1. The molecule has 1 N–H and O–H groups in total. The van der Waals surface area contributed by atoms with E-state index in [1.807, 2.05) is 11.0 Å². The number of hydrogen-bond acceptors (Lipinski definition) is 3. The van der Waals surface area contributed by atoms with E-state index in [0.717, 1.165) is 19.4 Å². The molecule has 2 amide bonds. The van der Waals surface area contributed by atoms with Gasteiger partial charge in [0.2, 0.25) is 0 Å². The molecule has 0 atom stereocenters. The molecule has 1 aromatic rings. The van der Waals surface area contributed by atoms with E-state index in [-0.39, 0.29) is 11.8 Å². The summed E-state index contributed by atoms with van der Waals surface area (Å²) in [5.41, 5.74) is 1.37. The zero-order valence-corrected chi connectivity index (χ0v) is 15.7.